The first-order valence-corrected chi connectivity index (χ1v) is 8.95. The predicted octanol–water partition coefficient (Wildman–Crippen LogP) is 3.90. The van der Waals surface area contributed by atoms with E-state index in [1.807, 2.05) is 17.9 Å². The molecule has 5 heteroatoms. The van der Waals surface area contributed by atoms with Gasteiger partial charge in [0.25, 0.3) is 5.91 Å². The average molecular weight is 316 g/mol. The van der Waals surface area contributed by atoms with E-state index in [-0.39, 0.29) is 11.9 Å². The Balaban J connectivity index is 1.63. The number of carbonyl (C=O) groups excluding carboxylic acids is 1. The van der Waals surface area contributed by atoms with Crippen LogP contribution in [0.1, 0.15) is 64.0 Å². The van der Waals surface area contributed by atoms with Crippen molar-refractivity contribution in [1.29, 1.82) is 0 Å². The van der Waals surface area contributed by atoms with Gasteiger partial charge in [0.05, 0.1) is 16.6 Å². The molecule has 2 aromatic heterocycles. The maximum absolute atomic E-state index is 13.0. The molecule has 2 aliphatic rings. The van der Waals surface area contributed by atoms with Crippen molar-refractivity contribution in [1.82, 2.24) is 10.1 Å². The monoisotopic (exact) mass is 316 g/mol. The summed E-state index contributed by atoms with van der Waals surface area (Å²) in [6.07, 6.45) is 6.64. The third kappa shape index (κ3) is 2.28. The second-order valence-electron chi connectivity index (χ2n) is 6.30. The van der Waals surface area contributed by atoms with Crippen molar-refractivity contribution in [3.05, 3.63) is 38.9 Å². The number of hydrogen-bond acceptors (Lipinski definition) is 4. The molecular formula is C17H20N2O2S. The number of carbonyl (C=O) groups is 1. The van der Waals surface area contributed by atoms with Crippen LogP contribution in [0.3, 0.4) is 0 Å². The largest absolute Gasteiger partial charge is 0.359 e. The first-order chi connectivity index (χ1) is 10.7. The third-order valence-electron chi connectivity index (χ3n) is 4.79. The number of aryl methyl sites for hydroxylation is 2. The molecule has 1 fully saturated rings. The smallest absolute Gasteiger partial charge is 0.264 e. The Morgan fingerprint density at radius 1 is 1.36 bits per heavy atom. The lowest BCUT2D eigenvalue weighted by Crippen LogP contribution is -2.30. The van der Waals surface area contributed by atoms with E-state index in [9.17, 15) is 4.79 Å². The fourth-order valence-electron chi connectivity index (χ4n) is 3.68. The molecule has 22 heavy (non-hydrogen) atoms. The Bertz CT molecular complexity index is 703. The van der Waals surface area contributed by atoms with E-state index in [2.05, 4.69) is 10.5 Å². The zero-order valence-corrected chi connectivity index (χ0v) is 13.6. The van der Waals surface area contributed by atoms with Crippen LogP contribution in [-0.2, 0) is 12.8 Å². The zero-order valence-electron chi connectivity index (χ0n) is 12.8. The lowest BCUT2D eigenvalue weighted by Gasteiger charge is -2.23. The Kier molecular flexibility index (Phi) is 3.53. The number of rotatable bonds is 2. The SMILES string of the molecule is Cc1cc([C@H]2CCCN2C(=O)c2scc3c2CCCC3)on1. The van der Waals surface area contributed by atoms with Gasteiger partial charge in [0.15, 0.2) is 5.76 Å². The molecule has 2 aromatic rings. The lowest BCUT2D eigenvalue weighted by atomic mass is 9.93. The summed E-state index contributed by atoms with van der Waals surface area (Å²) in [6, 6.07) is 2.01. The molecule has 0 radical (unpaired) electrons. The summed E-state index contributed by atoms with van der Waals surface area (Å²) >= 11 is 1.63. The van der Waals surface area contributed by atoms with Gasteiger partial charge in [-0.25, -0.2) is 0 Å². The third-order valence-corrected chi connectivity index (χ3v) is 5.85. The van der Waals surface area contributed by atoms with Crippen LogP contribution in [0.5, 0.6) is 0 Å². The van der Waals surface area contributed by atoms with Gasteiger partial charge in [-0.15, -0.1) is 11.3 Å². The number of fused-ring (bicyclic) bond motifs is 1. The molecule has 0 spiro atoms. The normalized spacial score (nSPS) is 21.1. The number of likely N-dealkylation sites (tertiary alicyclic amines) is 1. The summed E-state index contributed by atoms with van der Waals surface area (Å²) in [6.45, 7) is 2.74. The van der Waals surface area contributed by atoms with Gasteiger partial charge in [-0.1, -0.05) is 5.16 Å². The minimum atomic E-state index is 0.0510. The molecule has 1 aliphatic heterocycles. The van der Waals surface area contributed by atoms with Crippen molar-refractivity contribution in [3.8, 4) is 0 Å². The molecule has 3 heterocycles. The highest BCUT2D eigenvalue weighted by molar-refractivity contribution is 7.12. The summed E-state index contributed by atoms with van der Waals surface area (Å²) in [5.41, 5.74) is 3.58. The topological polar surface area (TPSA) is 46.3 Å². The van der Waals surface area contributed by atoms with E-state index in [0.717, 1.165) is 48.6 Å². The van der Waals surface area contributed by atoms with Gasteiger partial charge in [0, 0.05) is 12.6 Å². The van der Waals surface area contributed by atoms with Crippen LogP contribution in [0.2, 0.25) is 0 Å². The van der Waals surface area contributed by atoms with Crippen molar-refractivity contribution in [2.75, 3.05) is 6.54 Å². The Hall–Kier alpha value is -1.62. The molecule has 0 aromatic carbocycles. The van der Waals surface area contributed by atoms with Gasteiger partial charge < -0.3 is 9.42 Å². The summed E-state index contributed by atoms with van der Waals surface area (Å²) < 4.78 is 5.42. The van der Waals surface area contributed by atoms with Gasteiger partial charge in [-0.2, -0.15) is 0 Å². The van der Waals surface area contributed by atoms with Gasteiger partial charge >= 0.3 is 0 Å². The fraction of sp³-hybridized carbons (Fsp3) is 0.529. The minimum absolute atomic E-state index is 0.0510. The summed E-state index contributed by atoms with van der Waals surface area (Å²) in [5, 5.41) is 6.16. The average Bonchev–Trinajstić information content (AvgIpc) is 3.25. The maximum atomic E-state index is 13.0. The fourth-order valence-corrected chi connectivity index (χ4v) is 4.79. The zero-order chi connectivity index (χ0) is 15.1. The number of aromatic nitrogens is 1. The van der Waals surface area contributed by atoms with Gasteiger partial charge in [0.2, 0.25) is 0 Å². The molecule has 0 unspecified atom stereocenters. The number of amides is 1. The lowest BCUT2D eigenvalue weighted by molar-refractivity contribution is 0.0718. The highest BCUT2D eigenvalue weighted by atomic mass is 32.1. The van der Waals surface area contributed by atoms with E-state index in [1.165, 1.54) is 24.0 Å². The van der Waals surface area contributed by atoms with Crippen LogP contribution in [0, 0.1) is 6.92 Å². The number of hydrogen-bond donors (Lipinski definition) is 0. The molecule has 4 nitrogen and oxygen atoms in total. The van der Waals surface area contributed by atoms with Gasteiger partial charge in [-0.05, 0) is 62.0 Å². The number of nitrogens with zero attached hydrogens (tertiary/aromatic N) is 2. The van der Waals surface area contributed by atoms with E-state index in [0.29, 0.717) is 0 Å². The van der Waals surface area contributed by atoms with Crippen molar-refractivity contribution in [3.63, 3.8) is 0 Å². The van der Waals surface area contributed by atoms with Gasteiger partial charge in [-0.3, -0.25) is 4.79 Å². The molecule has 1 amide bonds. The molecule has 1 aliphatic carbocycles. The van der Waals surface area contributed by atoms with Crippen molar-refractivity contribution < 1.29 is 9.32 Å². The highest BCUT2D eigenvalue weighted by Crippen LogP contribution is 2.37. The van der Waals surface area contributed by atoms with Crippen LogP contribution in [0.25, 0.3) is 0 Å². The molecule has 0 bridgehead atoms. The van der Waals surface area contributed by atoms with E-state index in [1.54, 1.807) is 11.3 Å². The maximum Gasteiger partial charge on any atom is 0.264 e. The van der Waals surface area contributed by atoms with Crippen LogP contribution in [0.4, 0.5) is 0 Å². The first-order valence-electron chi connectivity index (χ1n) is 8.07. The molecule has 1 atom stereocenters. The predicted molar refractivity (Wildman–Crippen MR) is 85.2 cm³/mol. The molecule has 116 valence electrons. The van der Waals surface area contributed by atoms with E-state index < -0.39 is 0 Å². The van der Waals surface area contributed by atoms with Crippen molar-refractivity contribution in [2.45, 2.75) is 51.5 Å². The Morgan fingerprint density at radius 2 is 2.23 bits per heavy atom. The molecule has 0 saturated carbocycles. The Labute approximate surface area is 134 Å². The standard InChI is InChI=1S/C17H20N2O2S/c1-11-9-15(21-18-11)14-7-4-8-19(14)17(20)16-13-6-3-2-5-12(13)10-22-16/h9-10,14H,2-8H2,1H3/t14-/m1/s1. The van der Waals surface area contributed by atoms with Crippen LogP contribution in [0.15, 0.2) is 16.0 Å². The van der Waals surface area contributed by atoms with E-state index >= 15 is 0 Å². The second-order valence-corrected chi connectivity index (χ2v) is 7.18. The number of thiophene rings is 1. The molecular weight excluding hydrogens is 296 g/mol. The van der Waals surface area contributed by atoms with E-state index in [4.69, 9.17) is 4.52 Å². The van der Waals surface area contributed by atoms with Gasteiger partial charge in [0.1, 0.15) is 0 Å². The molecule has 0 N–H and O–H groups in total. The Morgan fingerprint density at radius 3 is 3.05 bits per heavy atom. The van der Waals surface area contributed by atoms with Crippen molar-refractivity contribution >= 4 is 17.2 Å². The van der Waals surface area contributed by atoms with Crippen molar-refractivity contribution in [2.24, 2.45) is 0 Å². The highest BCUT2D eigenvalue weighted by Gasteiger charge is 2.35. The first kappa shape index (κ1) is 14.0. The molecule has 4 rings (SSSR count). The quantitative estimate of drug-likeness (QED) is 0.844. The summed E-state index contributed by atoms with van der Waals surface area (Å²) in [4.78, 5) is 16.0. The summed E-state index contributed by atoms with van der Waals surface area (Å²) in [5.74, 6) is 1.01. The van der Waals surface area contributed by atoms with Crippen LogP contribution < -0.4 is 0 Å². The van der Waals surface area contributed by atoms with Crippen LogP contribution in [-0.4, -0.2) is 22.5 Å². The second kappa shape index (κ2) is 5.54. The molecule has 1 saturated heterocycles. The summed E-state index contributed by atoms with van der Waals surface area (Å²) in [7, 11) is 0. The minimum Gasteiger partial charge on any atom is -0.359 e. The van der Waals surface area contributed by atoms with Crippen LogP contribution >= 0.6 is 11.3 Å².